The lowest BCUT2D eigenvalue weighted by atomic mass is 9.96. The molecule has 1 aliphatic rings. The van der Waals surface area contributed by atoms with Crippen LogP contribution in [0.25, 0.3) is 5.95 Å². The molecule has 0 amide bonds. The molecule has 0 atom stereocenters. The monoisotopic (exact) mass is 274 g/mol. The van der Waals surface area contributed by atoms with Crippen LogP contribution in [0.4, 0.5) is 0 Å². The van der Waals surface area contributed by atoms with E-state index in [0.717, 1.165) is 30.5 Å². The fraction of sp³-hybridized carbons (Fsp3) is 0.385. The minimum atomic E-state index is -1.04. The van der Waals surface area contributed by atoms with Crippen LogP contribution in [0.1, 0.15) is 40.3 Å². The molecule has 0 aliphatic heterocycles. The maximum absolute atomic E-state index is 11.5. The second-order valence-electron chi connectivity index (χ2n) is 4.91. The van der Waals surface area contributed by atoms with Crippen molar-refractivity contribution in [3.05, 3.63) is 39.1 Å². The van der Waals surface area contributed by atoms with E-state index in [0.29, 0.717) is 12.1 Å². The lowest BCUT2D eigenvalue weighted by Crippen LogP contribution is -2.16. The predicted molar refractivity (Wildman–Crippen MR) is 70.3 cm³/mol. The highest BCUT2D eigenvalue weighted by Crippen LogP contribution is 2.25. The Morgan fingerprint density at radius 2 is 2.15 bits per heavy atom. The first-order valence-electron chi connectivity index (χ1n) is 6.48. The molecule has 7 heteroatoms. The zero-order valence-corrected chi connectivity index (χ0v) is 11.0. The topological polar surface area (TPSA) is 101 Å². The Kier molecular flexibility index (Phi) is 2.89. The van der Waals surface area contributed by atoms with E-state index in [1.807, 2.05) is 0 Å². The zero-order valence-electron chi connectivity index (χ0n) is 11.0. The van der Waals surface area contributed by atoms with Crippen molar-refractivity contribution in [2.75, 3.05) is 0 Å². The van der Waals surface area contributed by atoms with E-state index < -0.39 is 5.97 Å². The van der Waals surface area contributed by atoms with Gasteiger partial charge in [0.15, 0.2) is 5.69 Å². The highest BCUT2D eigenvalue weighted by molar-refractivity contribution is 5.87. The van der Waals surface area contributed by atoms with E-state index >= 15 is 0 Å². The van der Waals surface area contributed by atoms with Crippen molar-refractivity contribution < 1.29 is 9.90 Å². The van der Waals surface area contributed by atoms with E-state index in [-0.39, 0.29) is 17.2 Å². The van der Waals surface area contributed by atoms with Gasteiger partial charge in [-0.25, -0.2) is 14.5 Å². The molecule has 0 fully saturated rings. The van der Waals surface area contributed by atoms with Gasteiger partial charge in [-0.05, 0) is 32.6 Å². The highest BCUT2D eigenvalue weighted by Gasteiger charge is 2.25. The SMILES string of the molecule is Cc1cc(=O)[nH]c(-n2nc(C(=O)O)c3c2CCCC3)n1. The van der Waals surface area contributed by atoms with E-state index in [9.17, 15) is 14.7 Å². The molecule has 2 heterocycles. The van der Waals surface area contributed by atoms with E-state index in [4.69, 9.17) is 0 Å². The van der Waals surface area contributed by atoms with Gasteiger partial charge in [-0.3, -0.25) is 9.78 Å². The van der Waals surface area contributed by atoms with Crippen LogP contribution in [-0.4, -0.2) is 30.8 Å². The number of aromatic carboxylic acids is 1. The summed E-state index contributed by atoms with van der Waals surface area (Å²) >= 11 is 0. The first-order chi connectivity index (χ1) is 9.56. The van der Waals surface area contributed by atoms with Crippen molar-refractivity contribution in [1.29, 1.82) is 0 Å². The summed E-state index contributed by atoms with van der Waals surface area (Å²) < 4.78 is 1.46. The molecule has 0 aromatic carbocycles. The van der Waals surface area contributed by atoms with E-state index in [2.05, 4.69) is 15.1 Å². The van der Waals surface area contributed by atoms with Crippen molar-refractivity contribution in [2.24, 2.45) is 0 Å². The summed E-state index contributed by atoms with van der Waals surface area (Å²) in [7, 11) is 0. The molecule has 0 saturated carbocycles. The summed E-state index contributed by atoms with van der Waals surface area (Å²) in [4.78, 5) is 29.7. The van der Waals surface area contributed by atoms with Crippen molar-refractivity contribution in [3.63, 3.8) is 0 Å². The molecule has 2 aromatic rings. The van der Waals surface area contributed by atoms with Gasteiger partial charge in [-0.2, -0.15) is 5.10 Å². The Bertz CT molecular complexity index is 745. The predicted octanol–water partition coefficient (Wildman–Crippen LogP) is 0.841. The van der Waals surface area contributed by atoms with Crippen LogP contribution in [0.2, 0.25) is 0 Å². The quantitative estimate of drug-likeness (QED) is 0.845. The van der Waals surface area contributed by atoms with Crippen LogP contribution < -0.4 is 5.56 Å². The number of aryl methyl sites for hydroxylation is 1. The average molecular weight is 274 g/mol. The lowest BCUT2D eigenvalue weighted by molar-refractivity contribution is 0.0688. The number of carboxylic acid groups (broad SMARTS) is 1. The molecular weight excluding hydrogens is 260 g/mol. The third-order valence-electron chi connectivity index (χ3n) is 3.44. The van der Waals surface area contributed by atoms with Gasteiger partial charge < -0.3 is 5.11 Å². The Hall–Kier alpha value is -2.44. The maximum atomic E-state index is 11.5. The number of carboxylic acids is 1. The number of nitrogens with one attached hydrogen (secondary N) is 1. The Morgan fingerprint density at radius 1 is 1.40 bits per heavy atom. The molecule has 3 rings (SSSR count). The minimum Gasteiger partial charge on any atom is -0.476 e. The van der Waals surface area contributed by atoms with Crippen LogP contribution >= 0.6 is 0 Å². The molecule has 0 saturated heterocycles. The number of nitrogens with zero attached hydrogens (tertiary/aromatic N) is 3. The van der Waals surface area contributed by atoms with Crippen LogP contribution in [-0.2, 0) is 12.8 Å². The van der Waals surface area contributed by atoms with Crippen LogP contribution in [0.15, 0.2) is 10.9 Å². The molecule has 7 nitrogen and oxygen atoms in total. The molecular formula is C13H14N4O3. The van der Waals surface area contributed by atoms with E-state index in [1.165, 1.54) is 10.7 Å². The largest absolute Gasteiger partial charge is 0.476 e. The average Bonchev–Trinajstić information content (AvgIpc) is 2.77. The summed E-state index contributed by atoms with van der Waals surface area (Å²) in [6.45, 7) is 1.72. The first-order valence-corrected chi connectivity index (χ1v) is 6.48. The third kappa shape index (κ3) is 2.01. The fourth-order valence-corrected chi connectivity index (χ4v) is 2.61. The van der Waals surface area contributed by atoms with Gasteiger partial charge in [-0.15, -0.1) is 0 Å². The molecule has 2 aromatic heterocycles. The maximum Gasteiger partial charge on any atom is 0.356 e. The fourth-order valence-electron chi connectivity index (χ4n) is 2.61. The summed E-state index contributed by atoms with van der Waals surface area (Å²) in [5.41, 5.74) is 1.95. The van der Waals surface area contributed by atoms with Crippen molar-refractivity contribution in [3.8, 4) is 5.95 Å². The summed E-state index contributed by atoms with van der Waals surface area (Å²) in [6.07, 6.45) is 3.38. The van der Waals surface area contributed by atoms with Gasteiger partial charge >= 0.3 is 5.97 Å². The van der Waals surface area contributed by atoms with Gasteiger partial charge in [0.1, 0.15) is 0 Å². The number of rotatable bonds is 2. The molecule has 2 N–H and O–H groups in total. The summed E-state index contributed by atoms with van der Waals surface area (Å²) in [6, 6.07) is 1.39. The summed E-state index contributed by atoms with van der Waals surface area (Å²) in [5, 5.41) is 13.4. The lowest BCUT2D eigenvalue weighted by Gasteiger charge is -2.13. The molecule has 20 heavy (non-hydrogen) atoms. The smallest absolute Gasteiger partial charge is 0.356 e. The van der Waals surface area contributed by atoms with Crippen LogP contribution in [0.5, 0.6) is 0 Å². The number of aromatic nitrogens is 4. The number of hydrogen-bond acceptors (Lipinski definition) is 4. The third-order valence-corrected chi connectivity index (χ3v) is 3.44. The van der Waals surface area contributed by atoms with Gasteiger partial charge in [0.05, 0.1) is 5.69 Å². The second-order valence-corrected chi connectivity index (χ2v) is 4.91. The number of aromatic amines is 1. The highest BCUT2D eigenvalue weighted by atomic mass is 16.4. The molecule has 0 radical (unpaired) electrons. The Morgan fingerprint density at radius 3 is 2.85 bits per heavy atom. The molecule has 1 aliphatic carbocycles. The Labute approximate surface area is 114 Å². The minimum absolute atomic E-state index is 0.0591. The molecule has 104 valence electrons. The van der Waals surface area contributed by atoms with Gasteiger partial charge in [0.2, 0.25) is 5.95 Å². The number of carbonyl (C=O) groups is 1. The van der Waals surface area contributed by atoms with Crippen molar-refractivity contribution in [2.45, 2.75) is 32.6 Å². The normalized spacial score (nSPS) is 14.1. The first kappa shape index (κ1) is 12.6. The standard InChI is InChI=1S/C13H14N4O3/c1-7-6-10(18)15-13(14-7)17-9-5-3-2-4-8(9)11(16-17)12(19)20/h6H,2-5H2,1H3,(H,19,20)(H,14,15,18). The van der Waals surface area contributed by atoms with Gasteiger partial charge in [-0.1, -0.05) is 0 Å². The van der Waals surface area contributed by atoms with E-state index in [1.54, 1.807) is 6.92 Å². The number of hydrogen-bond donors (Lipinski definition) is 2. The van der Waals surface area contributed by atoms with Crippen molar-refractivity contribution in [1.82, 2.24) is 19.7 Å². The molecule has 0 spiro atoms. The number of H-pyrrole nitrogens is 1. The number of fused-ring (bicyclic) bond motifs is 1. The van der Waals surface area contributed by atoms with Gasteiger partial charge in [0, 0.05) is 17.3 Å². The van der Waals surface area contributed by atoms with Gasteiger partial charge in [0.25, 0.3) is 5.56 Å². The molecule has 0 unspecified atom stereocenters. The second kappa shape index (κ2) is 4.59. The Balaban J connectivity index is 2.23. The zero-order chi connectivity index (χ0) is 14.3. The van der Waals surface area contributed by atoms with Crippen molar-refractivity contribution >= 4 is 5.97 Å². The molecule has 0 bridgehead atoms. The van der Waals surface area contributed by atoms with Crippen LogP contribution in [0.3, 0.4) is 0 Å². The van der Waals surface area contributed by atoms with Crippen LogP contribution in [0, 0.1) is 6.92 Å². The summed E-state index contributed by atoms with van der Waals surface area (Å²) in [5.74, 6) is -0.766.